The van der Waals surface area contributed by atoms with Gasteiger partial charge in [0.15, 0.2) is 0 Å². The lowest BCUT2D eigenvalue weighted by Gasteiger charge is -2.11. The summed E-state index contributed by atoms with van der Waals surface area (Å²) in [5.41, 5.74) is 1.46. The highest BCUT2D eigenvalue weighted by Crippen LogP contribution is 2.16. The Balaban J connectivity index is 2.06. The molecule has 0 fully saturated rings. The van der Waals surface area contributed by atoms with Crippen LogP contribution in [0.3, 0.4) is 0 Å². The standard InChI is InChI=1S/C14H18N4O4S/c1-10-6-16-14(17-7-10)18-23(21,22)13-4-2-11(3-5-13)15-8-12(20)9-19/h2-7,12,15,19-20H,8-9H2,1H3,(H,16,17,18). The van der Waals surface area contributed by atoms with Crippen molar-refractivity contribution in [2.24, 2.45) is 0 Å². The third-order valence-electron chi connectivity index (χ3n) is 2.92. The van der Waals surface area contributed by atoms with Crippen LogP contribution >= 0.6 is 0 Å². The molecule has 1 unspecified atom stereocenters. The molecule has 0 saturated heterocycles. The van der Waals surface area contributed by atoms with E-state index in [1.54, 1.807) is 19.1 Å². The zero-order valence-electron chi connectivity index (χ0n) is 12.5. The molecule has 124 valence electrons. The van der Waals surface area contributed by atoms with Crippen LogP contribution in [0.5, 0.6) is 0 Å². The van der Waals surface area contributed by atoms with E-state index >= 15 is 0 Å². The molecule has 1 atom stereocenters. The fourth-order valence-corrected chi connectivity index (χ4v) is 2.63. The van der Waals surface area contributed by atoms with Crippen molar-refractivity contribution in [3.63, 3.8) is 0 Å². The van der Waals surface area contributed by atoms with Crippen LogP contribution < -0.4 is 10.0 Å². The molecule has 1 heterocycles. The van der Waals surface area contributed by atoms with E-state index in [-0.39, 0.29) is 24.0 Å². The van der Waals surface area contributed by atoms with Gasteiger partial charge in [-0.1, -0.05) is 0 Å². The average molecular weight is 338 g/mol. The molecule has 0 bridgehead atoms. The lowest BCUT2D eigenvalue weighted by Crippen LogP contribution is -2.23. The third-order valence-corrected chi connectivity index (χ3v) is 4.27. The number of aliphatic hydroxyl groups excluding tert-OH is 2. The van der Waals surface area contributed by atoms with Crippen LogP contribution in [-0.2, 0) is 10.0 Å². The normalized spacial score (nSPS) is 12.7. The number of nitrogens with one attached hydrogen (secondary N) is 2. The molecule has 2 aromatic rings. The Morgan fingerprint density at radius 1 is 1.17 bits per heavy atom. The van der Waals surface area contributed by atoms with Gasteiger partial charge in [-0.25, -0.2) is 23.1 Å². The summed E-state index contributed by atoms with van der Waals surface area (Å²) in [7, 11) is -3.77. The predicted octanol–water partition coefficient (Wildman–Crippen LogP) is 0.351. The summed E-state index contributed by atoms with van der Waals surface area (Å²) in [6.07, 6.45) is 2.16. The molecular formula is C14H18N4O4S. The third kappa shape index (κ3) is 4.88. The summed E-state index contributed by atoms with van der Waals surface area (Å²) in [6.45, 7) is 1.62. The van der Waals surface area contributed by atoms with Crippen LogP contribution in [-0.4, -0.2) is 47.9 Å². The van der Waals surface area contributed by atoms with Crippen molar-refractivity contribution in [3.8, 4) is 0 Å². The Kier molecular flexibility index (Phi) is 5.48. The van der Waals surface area contributed by atoms with Crippen molar-refractivity contribution >= 4 is 21.7 Å². The SMILES string of the molecule is Cc1cnc(NS(=O)(=O)c2ccc(NCC(O)CO)cc2)nc1. The van der Waals surface area contributed by atoms with E-state index in [1.807, 2.05) is 0 Å². The van der Waals surface area contributed by atoms with Gasteiger partial charge in [0.2, 0.25) is 5.95 Å². The van der Waals surface area contributed by atoms with Gasteiger partial charge in [-0.2, -0.15) is 0 Å². The second-order valence-electron chi connectivity index (χ2n) is 4.93. The first-order chi connectivity index (χ1) is 10.9. The van der Waals surface area contributed by atoms with Gasteiger partial charge in [-0.15, -0.1) is 0 Å². The Bertz CT molecular complexity index is 732. The fraction of sp³-hybridized carbons (Fsp3) is 0.286. The Morgan fingerprint density at radius 3 is 2.35 bits per heavy atom. The van der Waals surface area contributed by atoms with Crippen LogP contribution in [0.25, 0.3) is 0 Å². The quantitative estimate of drug-likeness (QED) is 0.574. The lowest BCUT2D eigenvalue weighted by atomic mass is 10.3. The molecule has 0 aliphatic rings. The first kappa shape index (κ1) is 17.1. The number of anilines is 2. The summed E-state index contributed by atoms with van der Waals surface area (Å²) < 4.78 is 26.7. The maximum absolute atomic E-state index is 12.2. The van der Waals surface area contributed by atoms with Gasteiger partial charge >= 0.3 is 0 Å². The second kappa shape index (κ2) is 7.36. The largest absolute Gasteiger partial charge is 0.394 e. The van der Waals surface area contributed by atoms with Gasteiger partial charge in [-0.3, -0.25) is 0 Å². The zero-order chi connectivity index (χ0) is 16.9. The topological polar surface area (TPSA) is 124 Å². The molecule has 0 saturated carbocycles. The number of aliphatic hydroxyl groups is 2. The number of rotatable bonds is 7. The maximum atomic E-state index is 12.2. The molecular weight excluding hydrogens is 320 g/mol. The van der Waals surface area contributed by atoms with E-state index < -0.39 is 16.1 Å². The second-order valence-corrected chi connectivity index (χ2v) is 6.61. The van der Waals surface area contributed by atoms with Gasteiger partial charge in [-0.05, 0) is 36.8 Å². The molecule has 2 rings (SSSR count). The highest BCUT2D eigenvalue weighted by Gasteiger charge is 2.15. The predicted molar refractivity (Wildman–Crippen MR) is 85.6 cm³/mol. The van der Waals surface area contributed by atoms with Gasteiger partial charge in [0, 0.05) is 24.6 Å². The van der Waals surface area contributed by atoms with Crippen molar-refractivity contribution in [3.05, 3.63) is 42.2 Å². The number of sulfonamides is 1. The molecule has 0 aliphatic carbocycles. The first-order valence-electron chi connectivity index (χ1n) is 6.85. The Hall–Kier alpha value is -2.23. The molecule has 0 spiro atoms. The van der Waals surface area contributed by atoms with Gasteiger partial charge in [0.1, 0.15) is 0 Å². The summed E-state index contributed by atoms with van der Waals surface area (Å²) in [6, 6.07) is 5.97. The Labute approximate surface area is 134 Å². The average Bonchev–Trinajstić information content (AvgIpc) is 2.55. The number of hydrogen-bond acceptors (Lipinski definition) is 7. The van der Waals surface area contributed by atoms with Crippen LogP contribution in [0.4, 0.5) is 11.6 Å². The number of aryl methyl sites for hydroxylation is 1. The molecule has 0 aliphatic heterocycles. The summed E-state index contributed by atoms with van der Waals surface area (Å²) in [4.78, 5) is 7.86. The summed E-state index contributed by atoms with van der Waals surface area (Å²) >= 11 is 0. The molecule has 1 aromatic heterocycles. The van der Waals surface area contributed by atoms with Crippen molar-refractivity contribution in [1.82, 2.24) is 9.97 Å². The molecule has 23 heavy (non-hydrogen) atoms. The first-order valence-corrected chi connectivity index (χ1v) is 8.33. The van der Waals surface area contributed by atoms with E-state index in [1.165, 1.54) is 24.5 Å². The molecule has 1 aromatic carbocycles. The summed E-state index contributed by atoms with van der Waals surface area (Å²) in [5, 5.41) is 20.9. The van der Waals surface area contributed by atoms with E-state index in [2.05, 4.69) is 20.0 Å². The monoisotopic (exact) mass is 338 g/mol. The van der Waals surface area contributed by atoms with Gasteiger partial charge in [0.05, 0.1) is 17.6 Å². The number of benzene rings is 1. The molecule has 4 N–H and O–H groups in total. The minimum atomic E-state index is -3.77. The molecule has 0 radical (unpaired) electrons. The fourth-order valence-electron chi connectivity index (χ4n) is 1.68. The smallest absolute Gasteiger partial charge is 0.264 e. The van der Waals surface area contributed by atoms with Gasteiger partial charge in [0.25, 0.3) is 10.0 Å². The van der Waals surface area contributed by atoms with Gasteiger partial charge < -0.3 is 15.5 Å². The van der Waals surface area contributed by atoms with E-state index in [9.17, 15) is 13.5 Å². The van der Waals surface area contributed by atoms with Crippen LogP contribution in [0.2, 0.25) is 0 Å². The van der Waals surface area contributed by atoms with E-state index in [0.29, 0.717) is 5.69 Å². The van der Waals surface area contributed by atoms with Crippen molar-refractivity contribution in [2.75, 3.05) is 23.2 Å². The van der Waals surface area contributed by atoms with Crippen molar-refractivity contribution in [1.29, 1.82) is 0 Å². The van der Waals surface area contributed by atoms with Crippen molar-refractivity contribution in [2.45, 2.75) is 17.9 Å². The minimum Gasteiger partial charge on any atom is -0.394 e. The molecule has 8 nitrogen and oxygen atoms in total. The van der Waals surface area contributed by atoms with Crippen LogP contribution in [0.1, 0.15) is 5.56 Å². The highest BCUT2D eigenvalue weighted by atomic mass is 32.2. The summed E-state index contributed by atoms with van der Waals surface area (Å²) in [5.74, 6) is 0.00358. The van der Waals surface area contributed by atoms with E-state index in [4.69, 9.17) is 5.11 Å². The van der Waals surface area contributed by atoms with Crippen molar-refractivity contribution < 1.29 is 18.6 Å². The number of aromatic nitrogens is 2. The van der Waals surface area contributed by atoms with Crippen LogP contribution in [0, 0.1) is 6.92 Å². The maximum Gasteiger partial charge on any atom is 0.264 e. The zero-order valence-corrected chi connectivity index (χ0v) is 13.3. The molecule has 0 amide bonds. The van der Waals surface area contributed by atoms with Crippen LogP contribution in [0.15, 0.2) is 41.6 Å². The number of hydrogen-bond donors (Lipinski definition) is 4. The van der Waals surface area contributed by atoms with E-state index in [0.717, 1.165) is 5.56 Å². The number of nitrogens with zero attached hydrogens (tertiary/aromatic N) is 2. The molecule has 9 heteroatoms. The Morgan fingerprint density at radius 2 is 1.78 bits per heavy atom. The highest BCUT2D eigenvalue weighted by molar-refractivity contribution is 7.92. The lowest BCUT2D eigenvalue weighted by molar-refractivity contribution is 0.105. The minimum absolute atomic E-state index is 0.00358.